The maximum Gasteiger partial charge on any atom is 0.257 e. The monoisotopic (exact) mass is 556 g/mol. The second-order valence-electron chi connectivity index (χ2n) is 10.7. The van der Waals surface area contributed by atoms with Gasteiger partial charge >= 0.3 is 0 Å². The number of carbonyl (C=O) groups is 2. The van der Waals surface area contributed by atoms with Gasteiger partial charge in [0, 0.05) is 49.6 Å². The lowest BCUT2D eigenvalue weighted by Crippen LogP contribution is -2.35. The highest BCUT2D eigenvalue weighted by atomic mass is 16.5. The summed E-state index contributed by atoms with van der Waals surface area (Å²) >= 11 is 0. The number of hydrogen-bond acceptors (Lipinski definition) is 8. The lowest BCUT2D eigenvalue weighted by molar-refractivity contribution is 0.0770. The summed E-state index contributed by atoms with van der Waals surface area (Å²) in [5.41, 5.74) is 4.51. The Morgan fingerprint density at radius 3 is 1.93 bits per heavy atom. The van der Waals surface area contributed by atoms with Crippen LogP contribution in [0.15, 0.2) is 58.6 Å². The Kier molecular flexibility index (Phi) is 7.08. The Labute approximate surface area is 238 Å². The first-order valence-electron chi connectivity index (χ1n) is 13.6. The van der Waals surface area contributed by atoms with E-state index >= 15 is 0 Å². The number of hydrogen-bond donors (Lipinski definition) is 1. The molecule has 212 valence electrons. The van der Waals surface area contributed by atoms with Crippen molar-refractivity contribution in [1.29, 1.82) is 0 Å². The van der Waals surface area contributed by atoms with E-state index in [-0.39, 0.29) is 30.5 Å². The van der Waals surface area contributed by atoms with E-state index in [1.165, 1.54) is 7.11 Å². The minimum Gasteiger partial charge on any atom is -0.493 e. The molecule has 0 saturated carbocycles. The van der Waals surface area contributed by atoms with Crippen molar-refractivity contribution in [3.8, 4) is 17.2 Å². The molecule has 2 atom stereocenters. The molecule has 2 aromatic rings. The molecule has 4 heterocycles. The van der Waals surface area contributed by atoms with Crippen molar-refractivity contribution in [1.82, 2.24) is 9.80 Å². The van der Waals surface area contributed by atoms with Crippen molar-refractivity contribution in [2.24, 2.45) is 9.98 Å². The average Bonchev–Trinajstić information content (AvgIpc) is 3.48. The van der Waals surface area contributed by atoms with Crippen molar-refractivity contribution in [2.45, 2.75) is 38.0 Å². The molecule has 10 heteroatoms. The molecule has 4 aliphatic rings. The Hall–Kier alpha value is -4.44. The van der Waals surface area contributed by atoms with Gasteiger partial charge in [0.05, 0.1) is 61.5 Å². The number of benzene rings is 2. The second-order valence-corrected chi connectivity index (χ2v) is 10.7. The lowest BCUT2D eigenvalue weighted by atomic mass is 10.1. The van der Waals surface area contributed by atoms with E-state index < -0.39 is 0 Å². The van der Waals surface area contributed by atoms with Gasteiger partial charge in [-0.3, -0.25) is 19.6 Å². The van der Waals surface area contributed by atoms with Crippen molar-refractivity contribution in [3.05, 3.63) is 65.3 Å². The standard InChI is InChI=1S/C31H32N4O6/c1-18-7-21-13-32-25-11-27(20(17-36)9-23(25)30(37)34(21)15-18)40-5-4-6-41-29-12-26-24(10-28(29)39-3)31(38)35-16-19(2)8-22(35)14-33-26/h9-14,21-22,36H,1-2,4-8,15-17H2,3H3/t21-,22-/m0/s1. The number of fused-ring (bicyclic) bond motifs is 4. The smallest absolute Gasteiger partial charge is 0.257 e. The molecule has 4 aliphatic heterocycles. The summed E-state index contributed by atoms with van der Waals surface area (Å²) in [5.74, 6) is 1.19. The summed E-state index contributed by atoms with van der Waals surface area (Å²) in [6.45, 7) is 9.41. The number of rotatable bonds is 8. The summed E-state index contributed by atoms with van der Waals surface area (Å²) in [6, 6.07) is 6.58. The topological polar surface area (TPSA) is 113 Å². The van der Waals surface area contributed by atoms with Crippen LogP contribution >= 0.6 is 0 Å². The highest BCUT2D eigenvalue weighted by molar-refractivity contribution is 6.04. The minimum atomic E-state index is -0.274. The van der Waals surface area contributed by atoms with Crippen LogP contribution in [0.25, 0.3) is 0 Å². The van der Waals surface area contributed by atoms with Crippen molar-refractivity contribution >= 4 is 35.6 Å². The first kappa shape index (κ1) is 26.8. The van der Waals surface area contributed by atoms with Crippen LogP contribution < -0.4 is 14.2 Å². The lowest BCUT2D eigenvalue weighted by Gasteiger charge is -2.20. The van der Waals surface area contributed by atoms with Crippen LogP contribution in [-0.4, -0.2) is 84.6 Å². The fourth-order valence-corrected chi connectivity index (χ4v) is 5.68. The first-order chi connectivity index (χ1) is 19.9. The summed E-state index contributed by atoms with van der Waals surface area (Å²) in [6.07, 6.45) is 5.52. The van der Waals surface area contributed by atoms with Gasteiger partial charge in [0.1, 0.15) is 5.75 Å². The maximum absolute atomic E-state index is 13.2. The summed E-state index contributed by atoms with van der Waals surface area (Å²) in [4.78, 5) is 39.0. The maximum atomic E-state index is 13.2. The van der Waals surface area contributed by atoms with Gasteiger partial charge in [-0.2, -0.15) is 0 Å². The third-order valence-corrected chi connectivity index (χ3v) is 7.77. The minimum absolute atomic E-state index is 0.0901. The van der Waals surface area contributed by atoms with E-state index in [4.69, 9.17) is 14.2 Å². The molecule has 10 nitrogen and oxygen atoms in total. The Morgan fingerprint density at radius 1 is 0.829 bits per heavy atom. The van der Waals surface area contributed by atoms with Crippen LogP contribution in [0.1, 0.15) is 45.5 Å². The molecule has 1 N–H and O–H groups in total. The second kappa shape index (κ2) is 10.9. The molecule has 2 fully saturated rings. The summed E-state index contributed by atoms with van der Waals surface area (Å²) in [5, 5.41) is 9.98. The zero-order valence-electron chi connectivity index (χ0n) is 23.0. The number of aliphatic hydroxyl groups is 1. The number of ether oxygens (including phenoxy) is 3. The predicted octanol–water partition coefficient (Wildman–Crippen LogP) is 4.01. The van der Waals surface area contributed by atoms with Gasteiger partial charge in [0.25, 0.3) is 11.8 Å². The zero-order chi connectivity index (χ0) is 28.7. The summed E-state index contributed by atoms with van der Waals surface area (Å²) in [7, 11) is 1.53. The van der Waals surface area contributed by atoms with Gasteiger partial charge in [-0.1, -0.05) is 24.3 Å². The number of carbonyl (C=O) groups excluding carboxylic acids is 2. The van der Waals surface area contributed by atoms with Crippen molar-refractivity contribution < 1.29 is 28.9 Å². The molecule has 2 aromatic carbocycles. The van der Waals surface area contributed by atoms with Crippen LogP contribution in [0.3, 0.4) is 0 Å². The fraction of sp³-hybridized carbons (Fsp3) is 0.355. The van der Waals surface area contributed by atoms with Gasteiger partial charge < -0.3 is 29.1 Å². The van der Waals surface area contributed by atoms with E-state index in [0.29, 0.717) is 90.9 Å². The van der Waals surface area contributed by atoms with Gasteiger partial charge in [-0.25, -0.2) is 0 Å². The number of aliphatic hydroxyl groups excluding tert-OH is 1. The van der Waals surface area contributed by atoms with Crippen LogP contribution in [0.5, 0.6) is 17.2 Å². The molecule has 0 aliphatic carbocycles. The largest absolute Gasteiger partial charge is 0.493 e. The quantitative estimate of drug-likeness (QED) is 0.388. The molecule has 0 bridgehead atoms. The first-order valence-corrected chi connectivity index (χ1v) is 13.6. The molecule has 0 spiro atoms. The Morgan fingerprint density at radius 2 is 1.37 bits per heavy atom. The van der Waals surface area contributed by atoms with E-state index in [9.17, 15) is 14.7 Å². The molecular weight excluding hydrogens is 524 g/mol. The number of nitrogens with zero attached hydrogens (tertiary/aromatic N) is 4. The molecule has 6 rings (SSSR count). The third-order valence-electron chi connectivity index (χ3n) is 7.77. The summed E-state index contributed by atoms with van der Waals surface area (Å²) < 4.78 is 17.5. The van der Waals surface area contributed by atoms with E-state index in [0.717, 1.165) is 11.1 Å². The predicted molar refractivity (Wildman–Crippen MR) is 154 cm³/mol. The molecule has 2 amide bonds. The highest BCUT2D eigenvalue weighted by Crippen LogP contribution is 2.39. The van der Waals surface area contributed by atoms with E-state index in [1.54, 1.807) is 46.5 Å². The number of aliphatic imine (C=N–C) groups is 2. The van der Waals surface area contributed by atoms with Crippen molar-refractivity contribution in [3.63, 3.8) is 0 Å². The molecule has 41 heavy (non-hydrogen) atoms. The van der Waals surface area contributed by atoms with Crippen LogP contribution in [-0.2, 0) is 6.61 Å². The SMILES string of the molecule is C=C1C[C@H]2C=Nc3cc(OCCCOc4cc5c(cc4OC)C(=O)N4CC(=C)C[C@H]4C=N5)c(CO)cc3C(=O)N2C1. The van der Waals surface area contributed by atoms with E-state index in [1.807, 2.05) is 0 Å². The fourth-order valence-electron chi connectivity index (χ4n) is 5.68. The van der Waals surface area contributed by atoms with Crippen LogP contribution in [0.4, 0.5) is 11.4 Å². The zero-order valence-corrected chi connectivity index (χ0v) is 23.0. The third kappa shape index (κ3) is 4.99. The highest BCUT2D eigenvalue weighted by Gasteiger charge is 2.35. The number of amides is 2. The molecule has 0 aromatic heterocycles. The van der Waals surface area contributed by atoms with Gasteiger partial charge in [0.2, 0.25) is 0 Å². The van der Waals surface area contributed by atoms with Gasteiger partial charge in [-0.15, -0.1) is 0 Å². The van der Waals surface area contributed by atoms with E-state index in [2.05, 4.69) is 23.1 Å². The number of methoxy groups -OCH3 is 1. The molecule has 0 unspecified atom stereocenters. The Balaban J connectivity index is 1.11. The van der Waals surface area contributed by atoms with Crippen LogP contribution in [0.2, 0.25) is 0 Å². The van der Waals surface area contributed by atoms with Gasteiger partial charge in [0.15, 0.2) is 11.5 Å². The average molecular weight is 557 g/mol. The normalized spacial score (nSPS) is 20.8. The van der Waals surface area contributed by atoms with Gasteiger partial charge in [-0.05, 0) is 25.0 Å². The molecular formula is C31H32N4O6. The molecule has 0 radical (unpaired) electrons. The molecule has 2 saturated heterocycles. The van der Waals surface area contributed by atoms with Crippen LogP contribution in [0, 0.1) is 0 Å². The van der Waals surface area contributed by atoms with Crippen molar-refractivity contribution in [2.75, 3.05) is 33.4 Å². The Bertz CT molecular complexity index is 1400.